The lowest BCUT2D eigenvalue weighted by Gasteiger charge is -2.38. The molecule has 0 fully saturated rings. The highest BCUT2D eigenvalue weighted by molar-refractivity contribution is 6.04. The highest BCUT2D eigenvalue weighted by atomic mass is 16.5. The molecule has 0 spiro atoms. The number of fused-ring (bicyclic) bond motifs is 1. The molecule has 6 nitrogen and oxygen atoms in total. The van der Waals surface area contributed by atoms with Crippen LogP contribution in [0, 0.1) is 11.3 Å². The van der Waals surface area contributed by atoms with Crippen molar-refractivity contribution in [1.82, 2.24) is 0 Å². The predicted octanol–water partition coefficient (Wildman–Crippen LogP) is 2.32. The van der Waals surface area contributed by atoms with Crippen molar-refractivity contribution < 1.29 is 19.1 Å². The van der Waals surface area contributed by atoms with Gasteiger partial charge in [-0.25, -0.2) is 0 Å². The van der Waals surface area contributed by atoms with Crippen LogP contribution in [0.2, 0.25) is 0 Å². The van der Waals surface area contributed by atoms with Gasteiger partial charge in [0.25, 0.3) is 5.91 Å². The maximum absolute atomic E-state index is 12.4. The van der Waals surface area contributed by atoms with Crippen molar-refractivity contribution in [3.8, 4) is 17.6 Å². The third kappa shape index (κ3) is 2.75. The third-order valence-electron chi connectivity index (χ3n) is 3.29. The van der Waals surface area contributed by atoms with Crippen molar-refractivity contribution in [3.63, 3.8) is 0 Å². The summed E-state index contributed by atoms with van der Waals surface area (Å²) in [6.07, 6.45) is 1.47. The lowest BCUT2D eigenvalue weighted by atomic mass is 10.0. The highest BCUT2D eigenvalue weighted by Crippen LogP contribution is 2.45. The second kappa shape index (κ2) is 6.06. The molecule has 2 rings (SSSR count). The van der Waals surface area contributed by atoms with E-state index < -0.39 is 5.60 Å². The molecular formula is C16H18N2O4. The summed E-state index contributed by atoms with van der Waals surface area (Å²) in [4.78, 5) is 24.9. The Balaban J connectivity index is 2.61. The van der Waals surface area contributed by atoms with Crippen LogP contribution in [-0.2, 0) is 4.79 Å². The number of rotatable bonds is 5. The van der Waals surface area contributed by atoms with Gasteiger partial charge in [0, 0.05) is 5.56 Å². The van der Waals surface area contributed by atoms with Crippen LogP contribution in [0.15, 0.2) is 12.1 Å². The zero-order valence-electron chi connectivity index (χ0n) is 12.9. The van der Waals surface area contributed by atoms with Gasteiger partial charge in [-0.1, -0.05) is 6.92 Å². The quantitative estimate of drug-likeness (QED) is 0.616. The van der Waals surface area contributed by atoms with Crippen molar-refractivity contribution in [2.24, 2.45) is 0 Å². The van der Waals surface area contributed by atoms with Crippen LogP contribution in [0.3, 0.4) is 0 Å². The number of hydrogen-bond acceptors (Lipinski definition) is 5. The molecular weight excluding hydrogens is 284 g/mol. The van der Waals surface area contributed by atoms with E-state index in [1.807, 2.05) is 13.0 Å². The van der Waals surface area contributed by atoms with Crippen LogP contribution in [0.5, 0.6) is 11.5 Å². The number of carbonyl (C=O) groups is 2. The van der Waals surface area contributed by atoms with Crippen LogP contribution in [-0.4, -0.2) is 30.9 Å². The first-order chi connectivity index (χ1) is 10.4. The van der Waals surface area contributed by atoms with Gasteiger partial charge in [0.05, 0.1) is 18.4 Å². The number of anilines is 1. The summed E-state index contributed by atoms with van der Waals surface area (Å²) in [6.45, 7) is 5.59. The predicted molar refractivity (Wildman–Crippen MR) is 80.3 cm³/mol. The second-order valence-corrected chi connectivity index (χ2v) is 5.50. The molecule has 6 heteroatoms. The average molecular weight is 302 g/mol. The molecule has 0 N–H and O–H groups in total. The summed E-state index contributed by atoms with van der Waals surface area (Å²) < 4.78 is 11.4. The average Bonchev–Trinajstić information content (AvgIpc) is 2.49. The first-order valence-corrected chi connectivity index (χ1v) is 7.08. The van der Waals surface area contributed by atoms with Gasteiger partial charge >= 0.3 is 0 Å². The molecule has 0 atom stereocenters. The summed E-state index contributed by atoms with van der Waals surface area (Å²) >= 11 is 0. The van der Waals surface area contributed by atoms with E-state index in [0.29, 0.717) is 35.6 Å². The van der Waals surface area contributed by atoms with Crippen LogP contribution in [0.1, 0.15) is 37.6 Å². The van der Waals surface area contributed by atoms with E-state index in [4.69, 9.17) is 14.7 Å². The molecule has 116 valence electrons. The fraction of sp³-hybridized carbons (Fsp3) is 0.438. The van der Waals surface area contributed by atoms with E-state index in [1.54, 1.807) is 19.9 Å². The zero-order chi connectivity index (χ0) is 16.3. The maximum Gasteiger partial charge on any atom is 0.271 e. The number of carbonyl (C=O) groups excluding carboxylic acids is 2. The summed E-state index contributed by atoms with van der Waals surface area (Å²) in [5, 5.41) is 8.98. The van der Waals surface area contributed by atoms with E-state index in [1.165, 1.54) is 11.0 Å². The Morgan fingerprint density at radius 3 is 2.77 bits per heavy atom. The summed E-state index contributed by atoms with van der Waals surface area (Å²) in [5.41, 5.74) is -0.345. The van der Waals surface area contributed by atoms with Gasteiger partial charge in [0.2, 0.25) is 0 Å². The number of hydrogen-bond donors (Lipinski definition) is 0. The number of nitriles is 1. The first kappa shape index (κ1) is 15.8. The minimum atomic E-state index is -1.10. The fourth-order valence-corrected chi connectivity index (χ4v) is 2.26. The summed E-state index contributed by atoms with van der Waals surface area (Å²) in [6, 6.07) is 5.08. The minimum Gasteiger partial charge on any atom is -0.490 e. The zero-order valence-corrected chi connectivity index (χ0v) is 12.9. The van der Waals surface area contributed by atoms with Crippen molar-refractivity contribution in [2.45, 2.75) is 32.8 Å². The largest absolute Gasteiger partial charge is 0.490 e. The number of aldehydes is 1. The molecule has 0 saturated heterocycles. The molecule has 0 unspecified atom stereocenters. The molecule has 0 bridgehead atoms. The van der Waals surface area contributed by atoms with Gasteiger partial charge in [-0.2, -0.15) is 5.26 Å². The van der Waals surface area contributed by atoms with Crippen molar-refractivity contribution >= 4 is 17.9 Å². The number of amides is 1. The van der Waals surface area contributed by atoms with Gasteiger partial charge in [0.15, 0.2) is 17.1 Å². The van der Waals surface area contributed by atoms with Gasteiger partial charge in [-0.05, 0) is 32.4 Å². The molecule has 1 amide bonds. The molecule has 1 aromatic carbocycles. The van der Waals surface area contributed by atoms with Crippen LogP contribution < -0.4 is 14.4 Å². The molecule has 1 aliphatic rings. The molecule has 1 aliphatic heterocycles. The molecule has 0 saturated carbocycles. The van der Waals surface area contributed by atoms with Gasteiger partial charge in [-0.15, -0.1) is 0 Å². The van der Waals surface area contributed by atoms with E-state index in [-0.39, 0.29) is 12.5 Å². The minimum absolute atomic E-state index is 0.117. The molecule has 0 aliphatic carbocycles. The van der Waals surface area contributed by atoms with E-state index in [0.717, 1.165) is 6.42 Å². The van der Waals surface area contributed by atoms with Crippen LogP contribution in [0.4, 0.5) is 5.69 Å². The Morgan fingerprint density at radius 2 is 2.18 bits per heavy atom. The van der Waals surface area contributed by atoms with Crippen LogP contribution in [0.25, 0.3) is 0 Å². The van der Waals surface area contributed by atoms with Crippen molar-refractivity contribution in [1.29, 1.82) is 5.26 Å². The molecule has 0 aromatic heterocycles. The summed E-state index contributed by atoms with van der Waals surface area (Å²) in [5.74, 6) is 0.468. The van der Waals surface area contributed by atoms with Gasteiger partial charge in [0.1, 0.15) is 12.8 Å². The van der Waals surface area contributed by atoms with Gasteiger partial charge in [-0.3, -0.25) is 14.5 Å². The normalized spacial score (nSPS) is 15.5. The summed E-state index contributed by atoms with van der Waals surface area (Å²) in [7, 11) is 0. The Morgan fingerprint density at radius 1 is 1.45 bits per heavy atom. The Kier molecular flexibility index (Phi) is 4.36. The highest BCUT2D eigenvalue weighted by Gasteiger charge is 2.42. The van der Waals surface area contributed by atoms with E-state index >= 15 is 0 Å². The SMILES string of the molecule is CCCOc1cc(C=O)cc2c1OC(C)(C)C(=O)N2CC#N. The Hall–Kier alpha value is -2.55. The molecule has 0 radical (unpaired) electrons. The van der Waals surface area contributed by atoms with E-state index in [2.05, 4.69) is 0 Å². The lowest BCUT2D eigenvalue weighted by Crippen LogP contribution is -2.52. The van der Waals surface area contributed by atoms with Crippen LogP contribution >= 0.6 is 0 Å². The van der Waals surface area contributed by atoms with E-state index in [9.17, 15) is 9.59 Å². The Labute approximate surface area is 129 Å². The second-order valence-electron chi connectivity index (χ2n) is 5.50. The smallest absolute Gasteiger partial charge is 0.271 e. The topological polar surface area (TPSA) is 79.6 Å². The number of nitrogens with zero attached hydrogens (tertiary/aromatic N) is 2. The number of ether oxygens (including phenoxy) is 2. The third-order valence-corrected chi connectivity index (χ3v) is 3.29. The fourth-order valence-electron chi connectivity index (χ4n) is 2.26. The number of benzene rings is 1. The van der Waals surface area contributed by atoms with Crippen molar-refractivity contribution in [2.75, 3.05) is 18.1 Å². The monoisotopic (exact) mass is 302 g/mol. The molecule has 22 heavy (non-hydrogen) atoms. The molecule has 1 aromatic rings. The van der Waals surface area contributed by atoms with Gasteiger partial charge < -0.3 is 9.47 Å². The first-order valence-electron chi connectivity index (χ1n) is 7.08. The van der Waals surface area contributed by atoms with Crippen molar-refractivity contribution in [3.05, 3.63) is 17.7 Å². The lowest BCUT2D eigenvalue weighted by molar-refractivity contribution is -0.132. The standard InChI is InChI=1S/C16H18N2O4/c1-4-7-21-13-9-11(10-19)8-12-14(13)22-16(2,3)15(20)18(12)6-5-17/h8-10H,4,6-7H2,1-3H3. The molecule has 1 heterocycles. The maximum atomic E-state index is 12.4. The Bertz CT molecular complexity index is 646.